The van der Waals surface area contributed by atoms with E-state index in [0.29, 0.717) is 0 Å². The van der Waals surface area contributed by atoms with Gasteiger partial charge in [-0.3, -0.25) is 0 Å². The Hall–Kier alpha value is -0.860. The van der Waals surface area contributed by atoms with Crippen LogP contribution in [-0.4, -0.2) is 18.8 Å². The van der Waals surface area contributed by atoms with Gasteiger partial charge in [-0.15, -0.1) is 0 Å². The Morgan fingerprint density at radius 1 is 1.24 bits per heavy atom. The highest BCUT2D eigenvalue weighted by Gasteiger charge is 2.41. The molecule has 17 heavy (non-hydrogen) atoms. The number of hydrogen-bond acceptors (Lipinski definition) is 2. The van der Waals surface area contributed by atoms with Gasteiger partial charge in [0.2, 0.25) is 0 Å². The first kappa shape index (κ1) is 12.6. The minimum absolute atomic E-state index is 0.0384. The Morgan fingerprint density at radius 3 is 2.53 bits per heavy atom. The Balaban J connectivity index is 2.32. The third kappa shape index (κ3) is 2.70. The predicted molar refractivity (Wildman–Crippen MR) is 71.1 cm³/mol. The summed E-state index contributed by atoms with van der Waals surface area (Å²) in [5, 5.41) is 0. The molecule has 1 fully saturated rings. The molecule has 1 aliphatic heterocycles. The molecule has 2 rings (SSSR count). The van der Waals surface area contributed by atoms with Crippen molar-refractivity contribution in [2.24, 2.45) is 5.73 Å². The van der Waals surface area contributed by atoms with Crippen LogP contribution < -0.4 is 5.73 Å². The molecule has 1 saturated heterocycles. The number of benzene rings is 1. The second-order valence-electron chi connectivity index (χ2n) is 5.72. The molecule has 1 aromatic carbocycles. The average Bonchev–Trinajstić information content (AvgIpc) is 2.29. The lowest BCUT2D eigenvalue weighted by Gasteiger charge is -2.45. The molecule has 1 aliphatic rings. The fourth-order valence-corrected chi connectivity index (χ4v) is 3.15. The summed E-state index contributed by atoms with van der Waals surface area (Å²) in [4.78, 5) is 0. The second-order valence-corrected chi connectivity index (χ2v) is 5.72. The second kappa shape index (κ2) is 4.79. The maximum atomic E-state index is 5.85. The van der Waals surface area contributed by atoms with Gasteiger partial charge in [-0.2, -0.15) is 0 Å². The summed E-state index contributed by atoms with van der Waals surface area (Å²) in [6.07, 6.45) is 3.18. The van der Waals surface area contributed by atoms with Crippen LogP contribution >= 0.6 is 0 Å². The van der Waals surface area contributed by atoms with Crippen molar-refractivity contribution in [3.8, 4) is 0 Å². The molecule has 0 unspecified atom stereocenters. The fourth-order valence-electron chi connectivity index (χ4n) is 3.15. The van der Waals surface area contributed by atoms with Crippen LogP contribution in [0.2, 0.25) is 0 Å². The van der Waals surface area contributed by atoms with E-state index in [2.05, 4.69) is 44.2 Å². The van der Waals surface area contributed by atoms with Crippen molar-refractivity contribution in [3.63, 3.8) is 0 Å². The Kier molecular flexibility index (Phi) is 3.55. The highest BCUT2D eigenvalue weighted by molar-refractivity contribution is 5.27. The van der Waals surface area contributed by atoms with Crippen LogP contribution in [0.4, 0.5) is 0 Å². The summed E-state index contributed by atoms with van der Waals surface area (Å²) in [5.41, 5.74) is 7.42. The van der Waals surface area contributed by atoms with Gasteiger partial charge in [0.25, 0.3) is 0 Å². The van der Waals surface area contributed by atoms with Crippen molar-refractivity contribution in [2.75, 3.05) is 13.2 Å². The minimum Gasteiger partial charge on any atom is -0.376 e. The normalized spacial score (nSPS) is 27.9. The van der Waals surface area contributed by atoms with E-state index in [4.69, 9.17) is 10.5 Å². The molecule has 1 atom stereocenters. The van der Waals surface area contributed by atoms with Crippen LogP contribution in [0.1, 0.15) is 38.7 Å². The van der Waals surface area contributed by atoms with Crippen molar-refractivity contribution in [1.29, 1.82) is 0 Å². The van der Waals surface area contributed by atoms with Gasteiger partial charge in [0.15, 0.2) is 0 Å². The molecule has 2 nitrogen and oxygen atoms in total. The smallest absolute Gasteiger partial charge is 0.0635 e. The quantitative estimate of drug-likeness (QED) is 0.871. The molecule has 0 radical (unpaired) electrons. The van der Waals surface area contributed by atoms with Gasteiger partial charge in [-0.05, 0) is 45.2 Å². The Morgan fingerprint density at radius 2 is 1.94 bits per heavy atom. The first-order valence-corrected chi connectivity index (χ1v) is 6.48. The molecule has 2 N–H and O–H groups in total. The summed E-state index contributed by atoms with van der Waals surface area (Å²) in [6, 6.07) is 10.8. The maximum absolute atomic E-state index is 5.85. The van der Waals surface area contributed by atoms with Gasteiger partial charge in [-0.25, -0.2) is 0 Å². The molecule has 0 amide bonds. The third-order valence-corrected chi connectivity index (χ3v) is 3.85. The molecule has 2 heteroatoms. The van der Waals surface area contributed by atoms with E-state index in [1.807, 2.05) is 0 Å². The van der Waals surface area contributed by atoms with Crippen molar-refractivity contribution in [1.82, 2.24) is 0 Å². The SMILES string of the molecule is CC1(C)C[C@@](CCN)(c2ccccc2)CCO1. The highest BCUT2D eigenvalue weighted by Crippen LogP contribution is 2.43. The number of nitrogens with two attached hydrogens (primary N) is 1. The van der Waals surface area contributed by atoms with Crippen LogP contribution in [-0.2, 0) is 10.2 Å². The van der Waals surface area contributed by atoms with E-state index in [1.165, 1.54) is 5.56 Å². The molecular formula is C15H23NO. The summed E-state index contributed by atoms with van der Waals surface area (Å²) in [5.74, 6) is 0. The zero-order chi connectivity index (χ0) is 12.4. The van der Waals surface area contributed by atoms with Crippen LogP contribution in [0.5, 0.6) is 0 Å². The first-order chi connectivity index (χ1) is 8.08. The van der Waals surface area contributed by atoms with Crippen molar-refractivity contribution >= 4 is 0 Å². The van der Waals surface area contributed by atoms with Crippen LogP contribution in [0.25, 0.3) is 0 Å². The van der Waals surface area contributed by atoms with Crippen LogP contribution in [0, 0.1) is 0 Å². The zero-order valence-electron chi connectivity index (χ0n) is 10.9. The van der Waals surface area contributed by atoms with Gasteiger partial charge in [0, 0.05) is 12.0 Å². The summed E-state index contributed by atoms with van der Waals surface area (Å²) < 4.78 is 5.85. The van der Waals surface area contributed by atoms with E-state index in [9.17, 15) is 0 Å². The molecule has 1 heterocycles. The zero-order valence-corrected chi connectivity index (χ0v) is 10.9. The summed E-state index contributed by atoms with van der Waals surface area (Å²) in [7, 11) is 0. The molecule has 1 aromatic rings. The van der Waals surface area contributed by atoms with Gasteiger partial charge >= 0.3 is 0 Å². The van der Waals surface area contributed by atoms with Crippen molar-refractivity contribution < 1.29 is 4.74 Å². The lowest BCUT2D eigenvalue weighted by atomic mass is 9.67. The topological polar surface area (TPSA) is 35.2 Å². The molecular weight excluding hydrogens is 210 g/mol. The first-order valence-electron chi connectivity index (χ1n) is 6.48. The van der Waals surface area contributed by atoms with Crippen molar-refractivity contribution in [3.05, 3.63) is 35.9 Å². The number of hydrogen-bond donors (Lipinski definition) is 1. The molecule has 0 saturated carbocycles. The Bertz CT molecular complexity index is 356. The minimum atomic E-state index is -0.0384. The van der Waals surface area contributed by atoms with Gasteiger partial charge < -0.3 is 10.5 Å². The van der Waals surface area contributed by atoms with Crippen LogP contribution in [0.3, 0.4) is 0 Å². The van der Waals surface area contributed by atoms with E-state index < -0.39 is 0 Å². The lowest BCUT2D eigenvalue weighted by molar-refractivity contribution is -0.0836. The summed E-state index contributed by atoms with van der Waals surface area (Å²) in [6.45, 7) is 5.94. The van der Waals surface area contributed by atoms with Gasteiger partial charge in [0.05, 0.1) is 5.60 Å². The maximum Gasteiger partial charge on any atom is 0.0635 e. The molecule has 0 spiro atoms. The summed E-state index contributed by atoms with van der Waals surface area (Å²) >= 11 is 0. The van der Waals surface area contributed by atoms with Crippen LogP contribution in [0.15, 0.2) is 30.3 Å². The highest BCUT2D eigenvalue weighted by atomic mass is 16.5. The fraction of sp³-hybridized carbons (Fsp3) is 0.600. The van der Waals surface area contributed by atoms with E-state index >= 15 is 0 Å². The molecule has 0 bridgehead atoms. The van der Waals surface area contributed by atoms with Crippen molar-refractivity contribution in [2.45, 2.75) is 44.1 Å². The van der Waals surface area contributed by atoms with E-state index in [0.717, 1.165) is 32.4 Å². The number of rotatable bonds is 3. The largest absolute Gasteiger partial charge is 0.376 e. The van der Waals surface area contributed by atoms with Gasteiger partial charge in [-0.1, -0.05) is 30.3 Å². The monoisotopic (exact) mass is 233 g/mol. The number of ether oxygens (including phenoxy) is 1. The average molecular weight is 233 g/mol. The lowest BCUT2D eigenvalue weighted by Crippen LogP contribution is -2.45. The van der Waals surface area contributed by atoms with Gasteiger partial charge in [0.1, 0.15) is 0 Å². The standard InChI is InChI=1S/C15H23NO/c1-14(2)12-15(8-10-16,9-11-17-14)13-6-4-3-5-7-13/h3-7H,8-12,16H2,1-2H3/t15-/m0/s1. The Labute approximate surface area is 104 Å². The predicted octanol–water partition coefficient (Wildman–Crippen LogP) is 2.86. The molecule has 0 aromatic heterocycles. The van der Waals surface area contributed by atoms with E-state index in [1.54, 1.807) is 0 Å². The van der Waals surface area contributed by atoms with E-state index in [-0.39, 0.29) is 11.0 Å². The third-order valence-electron chi connectivity index (χ3n) is 3.85. The molecule has 0 aliphatic carbocycles. The molecule has 94 valence electrons.